The number of amides is 1. The Balaban J connectivity index is 1.51. The third-order valence-corrected chi connectivity index (χ3v) is 4.96. The highest BCUT2D eigenvalue weighted by Gasteiger charge is 2.13. The number of benzene rings is 1. The number of nitrogens with zero attached hydrogens (tertiary/aromatic N) is 2. The Morgan fingerprint density at radius 3 is 2.54 bits per heavy atom. The lowest BCUT2D eigenvalue weighted by molar-refractivity contribution is 0.102. The third kappa shape index (κ3) is 3.96. The fourth-order valence-electron chi connectivity index (χ4n) is 3.43. The fourth-order valence-corrected chi connectivity index (χ4v) is 3.43. The number of pyridine rings is 2. The van der Waals surface area contributed by atoms with Gasteiger partial charge in [0.05, 0.1) is 5.69 Å². The first-order valence-corrected chi connectivity index (χ1v) is 9.51. The molecule has 4 rings (SSSR count). The van der Waals surface area contributed by atoms with Crippen LogP contribution in [-0.2, 0) is 0 Å². The van der Waals surface area contributed by atoms with Gasteiger partial charge in [0.25, 0.3) is 11.5 Å². The van der Waals surface area contributed by atoms with Gasteiger partial charge in [0, 0.05) is 42.3 Å². The van der Waals surface area contributed by atoms with Crippen LogP contribution in [0.5, 0.6) is 0 Å². The number of aromatic amines is 1. The third-order valence-electron chi connectivity index (χ3n) is 4.96. The van der Waals surface area contributed by atoms with Gasteiger partial charge in [0.15, 0.2) is 0 Å². The van der Waals surface area contributed by atoms with Crippen LogP contribution in [0.2, 0.25) is 0 Å². The predicted molar refractivity (Wildman–Crippen MR) is 111 cm³/mol. The molecule has 6 nitrogen and oxygen atoms in total. The molecule has 0 aliphatic carbocycles. The minimum atomic E-state index is -0.349. The van der Waals surface area contributed by atoms with Gasteiger partial charge in [0.1, 0.15) is 5.69 Å². The van der Waals surface area contributed by atoms with Crippen LogP contribution in [0.3, 0.4) is 0 Å². The maximum atomic E-state index is 12.6. The van der Waals surface area contributed by atoms with Crippen molar-refractivity contribution in [3.63, 3.8) is 0 Å². The first kappa shape index (κ1) is 18.0. The van der Waals surface area contributed by atoms with Crippen molar-refractivity contribution in [3.05, 3.63) is 76.8 Å². The maximum Gasteiger partial charge on any atom is 0.271 e. The van der Waals surface area contributed by atoms with Gasteiger partial charge in [-0.05, 0) is 61.7 Å². The lowest BCUT2D eigenvalue weighted by Crippen LogP contribution is -2.29. The van der Waals surface area contributed by atoms with E-state index in [9.17, 15) is 9.59 Å². The molecular formula is C22H22N4O2. The number of anilines is 2. The van der Waals surface area contributed by atoms with Gasteiger partial charge in [-0.2, -0.15) is 0 Å². The summed E-state index contributed by atoms with van der Waals surface area (Å²) in [6, 6.07) is 14.7. The summed E-state index contributed by atoms with van der Waals surface area (Å²) < 4.78 is 0. The molecule has 0 unspecified atom stereocenters. The van der Waals surface area contributed by atoms with E-state index < -0.39 is 0 Å². The van der Waals surface area contributed by atoms with Crippen molar-refractivity contribution in [2.75, 3.05) is 23.3 Å². The van der Waals surface area contributed by atoms with Gasteiger partial charge in [-0.15, -0.1) is 0 Å². The number of nitrogens with one attached hydrogen (secondary N) is 2. The van der Waals surface area contributed by atoms with E-state index in [1.807, 2.05) is 30.3 Å². The van der Waals surface area contributed by atoms with Crippen LogP contribution < -0.4 is 15.8 Å². The highest BCUT2D eigenvalue weighted by Crippen LogP contribution is 2.21. The monoisotopic (exact) mass is 374 g/mol. The number of carbonyl (C=O) groups excluding carboxylic acids is 1. The number of hydrogen-bond acceptors (Lipinski definition) is 4. The molecule has 2 aromatic heterocycles. The molecule has 28 heavy (non-hydrogen) atoms. The summed E-state index contributed by atoms with van der Waals surface area (Å²) in [6.45, 7) is 2.11. The number of carbonyl (C=O) groups is 1. The Morgan fingerprint density at radius 1 is 1.04 bits per heavy atom. The second kappa shape index (κ2) is 8.08. The quantitative estimate of drug-likeness (QED) is 0.730. The molecule has 3 aromatic rings. The largest absolute Gasteiger partial charge is 0.372 e. The Kier molecular flexibility index (Phi) is 5.19. The molecule has 3 heterocycles. The number of aromatic nitrogens is 2. The predicted octanol–water partition coefficient (Wildman–Crippen LogP) is 3.68. The Morgan fingerprint density at radius 2 is 1.82 bits per heavy atom. The van der Waals surface area contributed by atoms with Crippen LogP contribution in [-0.4, -0.2) is 29.0 Å². The molecule has 2 N–H and O–H groups in total. The fraction of sp³-hybridized carbons (Fsp3) is 0.227. The summed E-state index contributed by atoms with van der Waals surface area (Å²) in [5.74, 6) is -0.311. The maximum absolute atomic E-state index is 12.6. The molecule has 1 aromatic carbocycles. The molecule has 1 aliphatic rings. The molecule has 0 spiro atoms. The number of hydrogen-bond donors (Lipinski definition) is 2. The van der Waals surface area contributed by atoms with Gasteiger partial charge in [-0.3, -0.25) is 14.6 Å². The van der Waals surface area contributed by atoms with E-state index in [1.165, 1.54) is 19.3 Å². The molecule has 1 saturated heterocycles. The summed E-state index contributed by atoms with van der Waals surface area (Å²) in [7, 11) is 0. The first-order chi connectivity index (χ1) is 13.7. The smallest absolute Gasteiger partial charge is 0.271 e. The molecule has 0 atom stereocenters. The molecule has 6 heteroatoms. The van der Waals surface area contributed by atoms with Crippen molar-refractivity contribution >= 4 is 17.3 Å². The highest BCUT2D eigenvalue weighted by atomic mass is 16.2. The van der Waals surface area contributed by atoms with Crippen LogP contribution in [0.25, 0.3) is 11.3 Å². The summed E-state index contributed by atoms with van der Waals surface area (Å²) in [5.41, 5.74) is 2.96. The summed E-state index contributed by atoms with van der Waals surface area (Å²) in [4.78, 5) is 34.0. The standard InChI is InChI=1S/C22H22N4O2/c27-21(16-7-9-18(10-8-16)26-12-4-1-5-13-26)25-20-14-17(15-24-22(20)28)19-6-2-3-11-23-19/h2-3,6-11,14-15H,1,4-5,12-13H2,(H,24,28)(H,25,27). The lowest BCUT2D eigenvalue weighted by atomic mass is 10.1. The van der Waals surface area contributed by atoms with Crippen molar-refractivity contribution < 1.29 is 4.79 Å². The second-order valence-corrected chi connectivity index (χ2v) is 6.89. The summed E-state index contributed by atoms with van der Waals surface area (Å²) in [6.07, 6.45) is 6.97. The first-order valence-electron chi connectivity index (χ1n) is 9.51. The summed E-state index contributed by atoms with van der Waals surface area (Å²) >= 11 is 0. The van der Waals surface area contributed by atoms with Gasteiger partial charge >= 0.3 is 0 Å². The van der Waals surface area contributed by atoms with E-state index in [1.54, 1.807) is 30.6 Å². The SMILES string of the molecule is O=C(Nc1cc(-c2ccccn2)c[nH]c1=O)c1ccc(N2CCCCC2)cc1. The van der Waals surface area contributed by atoms with Crippen molar-refractivity contribution in [2.45, 2.75) is 19.3 Å². The van der Waals surface area contributed by atoms with Crippen molar-refractivity contribution in [3.8, 4) is 11.3 Å². The Bertz CT molecular complexity index is 1010. The molecule has 1 aliphatic heterocycles. The molecule has 0 bridgehead atoms. The average Bonchev–Trinajstić information content (AvgIpc) is 2.76. The van der Waals surface area contributed by atoms with E-state index in [4.69, 9.17) is 0 Å². The zero-order valence-corrected chi connectivity index (χ0v) is 15.5. The van der Waals surface area contributed by atoms with Gasteiger partial charge in [-0.1, -0.05) is 6.07 Å². The molecule has 1 fully saturated rings. The highest BCUT2D eigenvalue weighted by molar-refractivity contribution is 6.04. The van der Waals surface area contributed by atoms with E-state index in [2.05, 4.69) is 20.2 Å². The summed E-state index contributed by atoms with van der Waals surface area (Å²) in [5, 5.41) is 2.71. The van der Waals surface area contributed by atoms with E-state index in [0.29, 0.717) is 5.56 Å². The zero-order valence-electron chi connectivity index (χ0n) is 15.5. The van der Waals surface area contributed by atoms with Crippen LogP contribution in [0.4, 0.5) is 11.4 Å². The molecular weight excluding hydrogens is 352 g/mol. The normalized spacial score (nSPS) is 13.9. The van der Waals surface area contributed by atoms with Crippen LogP contribution >= 0.6 is 0 Å². The Labute approximate surface area is 163 Å². The molecule has 0 radical (unpaired) electrons. The van der Waals surface area contributed by atoms with Crippen LogP contribution in [0.1, 0.15) is 29.6 Å². The van der Waals surface area contributed by atoms with Crippen LogP contribution in [0.15, 0.2) is 65.7 Å². The van der Waals surface area contributed by atoms with Crippen LogP contribution in [0, 0.1) is 0 Å². The number of H-pyrrole nitrogens is 1. The molecule has 1 amide bonds. The second-order valence-electron chi connectivity index (χ2n) is 6.89. The Hall–Kier alpha value is -3.41. The van der Waals surface area contributed by atoms with Crippen molar-refractivity contribution in [2.24, 2.45) is 0 Å². The minimum absolute atomic E-state index is 0.202. The topological polar surface area (TPSA) is 78.1 Å². The average molecular weight is 374 g/mol. The lowest BCUT2D eigenvalue weighted by Gasteiger charge is -2.28. The van der Waals surface area contributed by atoms with Gasteiger partial charge < -0.3 is 15.2 Å². The molecule has 0 saturated carbocycles. The van der Waals surface area contributed by atoms with Crippen molar-refractivity contribution in [1.82, 2.24) is 9.97 Å². The van der Waals surface area contributed by atoms with E-state index in [-0.39, 0.29) is 17.2 Å². The molecule has 142 valence electrons. The van der Waals surface area contributed by atoms with E-state index >= 15 is 0 Å². The number of piperidine rings is 1. The minimum Gasteiger partial charge on any atom is -0.372 e. The van der Waals surface area contributed by atoms with Gasteiger partial charge in [-0.25, -0.2) is 0 Å². The van der Waals surface area contributed by atoms with E-state index in [0.717, 1.165) is 30.0 Å². The van der Waals surface area contributed by atoms with Crippen molar-refractivity contribution in [1.29, 1.82) is 0 Å². The zero-order chi connectivity index (χ0) is 19.3. The van der Waals surface area contributed by atoms with Gasteiger partial charge in [0.2, 0.25) is 0 Å². The number of rotatable bonds is 4.